The third-order valence-electron chi connectivity index (χ3n) is 4.42. The van der Waals surface area contributed by atoms with Crippen molar-refractivity contribution in [3.63, 3.8) is 0 Å². The van der Waals surface area contributed by atoms with E-state index >= 15 is 0 Å². The first-order chi connectivity index (χ1) is 13.6. The average Bonchev–Trinajstić information content (AvgIpc) is 3.21. The molecule has 0 aliphatic carbocycles. The second-order valence-corrected chi connectivity index (χ2v) is 7.33. The molecule has 8 heteroatoms. The molecule has 1 unspecified atom stereocenters. The van der Waals surface area contributed by atoms with Crippen molar-refractivity contribution in [2.45, 2.75) is 19.0 Å². The molecule has 3 rings (SSSR count). The van der Waals surface area contributed by atoms with Gasteiger partial charge in [-0.15, -0.1) is 11.8 Å². The summed E-state index contributed by atoms with van der Waals surface area (Å²) in [6, 6.07) is 10.4. The fourth-order valence-corrected chi connectivity index (χ4v) is 4.13. The number of hydrogen-bond acceptors (Lipinski definition) is 5. The van der Waals surface area contributed by atoms with Crippen LogP contribution in [0.1, 0.15) is 22.3 Å². The summed E-state index contributed by atoms with van der Waals surface area (Å²) in [6.45, 7) is 0.609. The number of hydrogen-bond donors (Lipinski definition) is 0. The van der Waals surface area contributed by atoms with Crippen molar-refractivity contribution in [2.75, 3.05) is 18.2 Å². The number of carbonyl (C=O) groups is 2. The molecule has 0 spiro atoms. The predicted octanol–water partition coefficient (Wildman–Crippen LogP) is 2.68. The lowest BCUT2D eigenvalue weighted by atomic mass is 10.1. The zero-order valence-electron chi connectivity index (χ0n) is 15.1. The summed E-state index contributed by atoms with van der Waals surface area (Å²) in [5, 5.41) is 8.94. The van der Waals surface area contributed by atoms with Crippen molar-refractivity contribution >= 4 is 23.6 Å². The first kappa shape index (κ1) is 19.8. The highest BCUT2D eigenvalue weighted by atomic mass is 32.2. The number of aromatic nitrogens is 1. The zero-order chi connectivity index (χ0) is 19.9. The maximum Gasteiger partial charge on any atom is 0.255 e. The van der Waals surface area contributed by atoms with Crippen LogP contribution in [0.2, 0.25) is 0 Å². The normalized spacial score (nSPS) is 15.9. The largest absolute Gasteiger partial charge is 0.335 e. The van der Waals surface area contributed by atoms with Crippen LogP contribution in [0, 0.1) is 17.1 Å². The van der Waals surface area contributed by atoms with Crippen LogP contribution in [0.15, 0.2) is 48.8 Å². The van der Waals surface area contributed by atoms with Crippen molar-refractivity contribution in [3.8, 4) is 6.07 Å². The van der Waals surface area contributed by atoms with E-state index in [2.05, 4.69) is 11.1 Å². The lowest BCUT2D eigenvalue weighted by Gasteiger charge is -2.29. The van der Waals surface area contributed by atoms with Crippen molar-refractivity contribution in [2.24, 2.45) is 0 Å². The maximum atomic E-state index is 13.2. The van der Waals surface area contributed by atoms with E-state index in [0.29, 0.717) is 23.7 Å². The Morgan fingerprint density at radius 2 is 2.11 bits per heavy atom. The van der Waals surface area contributed by atoms with Crippen molar-refractivity contribution < 1.29 is 14.0 Å². The summed E-state index contributed by atoms with van der Waals surface area (Å²) in [7, 11) is 0. The molecule has 0 saturated carbocycles. The van der Waals surface area contributed by atoms with Crippen molar-refractivity contribution in [3.05, 3.63) is 65.7 Å². The molecule has 0 bridgehead atoms. The Bertz CT molecular complexity index is 870. The van der Waals surface area contributed by atoms with E-state index in [4.69, 9.17) is 5.26 Å². The van der Waals surface area contributed by atoms with Gasteiger partial charge in [0, 0.05) is 36.8 Å². The monoisotopic (exact) mass is 398 g/mol. The number of rotatable bonds is 6. The van der Waals surface area contributed by atoms with Gasteiger partial charge in [0.25, 0.3) is 5.91 Å². The second kappa shape index (κ2) is 9.33. The molecule has 0 N–H and O–H groups in total. The predicted molar refractivity (Wildman–Crippen MR) is 104 cm³/mol. The Hall–Kier alpha value is -2.92. The Kier molecular flexibility index (Phi) is 6.61. The second-order valence-electron chi connectivity index (χ2n) is 6.33. The third-order valence-corrected chi connectivity index (χ3v) is 5.43. The van der Waals surface area contributed by atoms with Gasteiger partial charge in [-0.05, 0) is 35.9 Å². The average molecular weight is 398 g/mol. The number of thioether (sulfide) groups is 1. The molecule has 2 heterocycles. The Morgan fingerprint density at radius 1 is 1.32 bits per heavy atom. The Labute approximate surface area is 167 Å². The van der Waals surface area contributed by atoms with Crippen LogP contribution < -0.4 is 0 Å². The highest BCUT2D eigenvalue weighted by molar-refractivity contribution is 7.99. The summed E-state index contributed by atoms with van der Waals surface area (Å²) in [5.41, 5.74) is 1.20. The van der Waals surface area contributed by atoms with Crippen LogP contribution in [-0.4, -0.2) is 50.8 Å². The minimum Gasteiger partial charge on any atom is -0.335 e. The number of benzene rings is 1. The molecule has 2 aromatic rings. The van der Waals surface area contributed by atoms with Crippen LogP contribution in [0.5, 0.6) is 0 Å². The maximum absolute atomic E-state index is 13.2. The molecule has 2 amide bonds. The van der Waals surface area contributed by atoms with Gasteiger partial charge in [-0.25, -0.2) is 4.39 Å². The first-order valence-corrected chi connectivity index (χ1v) is 9.94. The molecule has 1 aromatic heterocycles. The fourth-order valence-electron chi connectivity index (χ4n) is 2.98. The molecule has 1 aliphatic heterocycles. The third kappa shape index (κ3) is 4.67. The lowest BCUT2D eigenvalue weighted by molar-refractivity contribution is -0.135. The molecular formula is C20H19FN4O2S. The molecule has 1 aromatic carbocycles. The standard InChI is InChI=1S/C20H19FN4O2S/c21-17-6-4-16(5-7-17)19(26)25-14-28-13-18(25)20(27)24(10-2-8-22)12-15-3-1-9-23-11-15/h1,3-7,9,11,18H,2,10,12-14H2. The number of carbonyl (C=O) groups excluding carboxylic acids is 2. The van der Waals surface area contributed by atoms with E-state index in [1.807, 2.05) is 6.07 Å². The van der Waals surface area contributed by atoms with Gasteiger partial charge in [0.05, 0.1) is 18.4 Å². The number of amides is 2. The highest BCUT2D eigenvalue weighted by Gasteiger charge is 2.37. The van der Waals surface area contributed by atoms with Crippen molar-refractivity contribution in [1.29, 1.82) is 5.26 Å². The lowest BCUT2D eigenvalue weighted by Crippen LogP contribution is -2.49. The van der Waals surface area contributed by atoms with Crippen LogP contribution in [0.25, 0.3) is 0 Å². The topological polar surface area (TPSA) is 77.3 Å². The number of nitrogens with zero attached hydrogens (tertiary/aromatic N) is 4. The summed E-state index contributed by atoms with van der Waals surface area (Å²) < 4.78 is 13.1. The van der Waals surface area contributed by atoms with Gasteiger partial charge in [0.1, 0.15) is 11.9 Å². The quantitative estimate of drug-likeness (QED) is 0.748. The summed E-state index contributed by atoms with van der Waals surface area (Å²) in [6.07, 6.45) is 3.54. The fraction of sp³-hybridized carbons (Fsp3) is 0.300. The highest BCUT2D eigenvalue weighted by Crippen LogP contribution is 2.25. The Morgan fingerprint density at radius 3 is 2.79 bits per heavy atom. The van der Waals surface area contributed by atoms with Crippen molar-refractivity contribution in [1.82, 2.24) is 14.8 Å². The van der Waals surface area contributed by atoms with Gasteiger partial charge in [-0.1, -0.05) is 6.07 Å². The Balaban J connectivity index is 1.77. The zero-order valence-corrected chi connectivity index (χ0v) is 15.9. The summed E-state index contributed by atoms with van der Waals surface area (Å²) in [4.78, 5) is 33.2. The molecule has 28 heavy (non-hydrogen) atoms. The van der Waals surface area contributed by atoms with E-state index in [-0.39, 0.29) is 24.8 Å². The van der Waals surface area contributed by atoms with E-state index in [1.54, 1.807) is 23.4 Å². The number of nitriles is 1. The van der Waals surface area contributed by atoms with Crippen LogP contribution in [-0.2, 0) is 11.3 Å². The van der Waals surface area contributed by atoms with Crippen LogP contribution in [0.3, 0.4) is 0 Å². The number of halogens is 1. The smallest absolute Gasteiger partial charge is 0.255 e. The molecule has 1 fully saturated rings. The van der Waals surface area contributed by atoms with E-state index < -0.39 is 11.9 Å². The van der Waals surface area contributed by atoms with E-state index in [0.717, 1.165) is 5.56 Å². The van der Waals surface area contributed by atoms with Gasteiger partial charge in [0.2, 0.25) is 5.91 Å². The molecule has 144 valence electrons. The van der Waals surface area contributed by atoms with Gasteiger partial charge < -0.3 is 9.80 Å². The van der Waals surface area contributed by atoms with Gasteiger partial charge in [0.15, 0.2) is 0 Å². The summed E-state index contributed by atoms with van der Waals surface area (Å²) >= 11 is 1.50. The first-order valence-electron chi connectivity index (χ1n) is 8.79. The van der Waals surface area contributed by atoms with E-state index in [1.165, 1.54) is 40.9 Å². The van der Waals surface area contributed by atoms with Crippen LogP contribution in [0.4, 0.5) is 4.39 Å². The van der Waals surface area contributed by atoms with Gasteiger partial charge >= 0.3 is 0 Å². The molecule has 0 radical (unpaired) electrons. The minimum absolute atomic E-state index is 0.195. The molecule has 1 atom stereocenters. The van der Waals surface area contributed by atoms with Gasteiger partial charge in [-0.2, -0.15) is 5.26 Å². The molecular weight excluding hydrogens is 379 g/mol. The van der Waals surface area contributed by atoms with Crippen LogP contribution >= 0.6 is 11.8 Å². The summed E-state index contributed by atoms with van der Waals surface area (Å²) in [5.74, 6) is -0.0309. The number of pyridine rings is 1. The molecule has 1 saturated heterocycles. The van der Waals surface area contributed by atoms with E-state index in [9.17, 15) is 14.0 Å². The molecule has 1 aliphatic rings. The minimum atomic E-state index is -0.613. The molecule has 6 nitrogen and oxygen atoms in total. The van der Waals surface area contributed by atoms with Gasteiger partial charge in [-0.3, -0.25) is 14.6 Å². The SMILES string of the molecule is N#CCCN(Cc1cccnc1)C(=O)C1CSCN1C(=O)c1ccc(F)cc1.